The molecule has 1 amide bonds. The second-order valence-electron chi connectivity index (χ2n) is 9.32. The predicted molar refractivity (Wildman–Crippen MR) is 107 cm³/mol. The molecule has 1 aliphatic heterocycles. The molecule has 0 spiro atoms. The summed E-state index contributed by atoms with van der Waals surface area (Å²) >= 11 is 0. The maximum atomic E-state index is 12.5. The van der Waals surface area contributed by atoms with Crippen molar-refractivity contribution < 1.29 is 9.53 Å². The molecule has 1 saturated heterocycles. The Morgan fingerprint density at radius 1 is 1.23 bits per heavy atom. The molecular formula is C22H36N2O2. The summed E-state index contributed by atoms with van der Waals surface area (Å²) in [7, 11) is 1.92. The Labute approximate surface area is 159 Å². The number of carbonyl (C=O) groups is 1. The third-order valence-electron chi connectivity index (χ3n) is 4.69. The summed E-state index contributed by atoms with van der Waals surface area (Å²) < 4.78 is 5.77. The molecule has 1 heterocycles. The highest BCUT2D eigenvalue weighted by molar-refractivity contribution is 5.80. The lowest BCUT2D eigenvalue weighted by Crippen LogP contribution is -2.54. The Balaban J connectivity index is 1.72. The van der Waals surface area contributed by atoms with Crippen molar-refractivity contribution in [1.82, 2.24) is 9.80 Å². The van der Waals surface area contributed by atoms with Gasteiger partial charge in [-0.25, -0.2) is 0 Å². The summed E-state index contributed by atoms with van der Waals surface area (Å²) in [4.78, 5) is 16.7. The van der Waals surface area contributed by atoms with Gasteiger partial charge in [-0.05, 0) is 35.4 Å². The van der Waals surface area contributed by atoms with E-state index >= 15 is 0 Å². The normalized spacial score (nSPS) is 15.8. The Hall–Kier alpha value is -1.55. The van der Waals surface area contributed by atoms with Crippen LogP contribution in [0, 0.1) is 17.3 Å². The maximum Gasteiger partial charge on any atom is 0.228 e. The average Bonchev–Trinajstić information content (AvgIpc) is 2.49. The minimum absolute atomic E-state index is 0.146. The smallest absolute Gasteiger partial charge is 0.228 e. The number of ether oxygens (including phenoxy) is 1. The quantitative estimate of drug-likeness (QED) is 0.701. The van der Waals surface area contributed by atoms with Gasteiger partial charge in [0.15, 0.2) is 0 Å². The molecule has 0 aliphatic carbocycles. The highest BCUT2D eigenvalue weighted by atomic mass is 16.5. The number of nitrogens with zero attached hydrogens (tertiary/aromatic N) is 2. The number of rotatable bonds is 8. The summed E-state index contributed by atoms with van der Waals surface area (Å²) in [5, 5.41) is 0. The summed E-state index contributed by atoms with van der Waals surface area (Å²) in [6, 6.07) is 8.36. The van der Waals surface area contributed by atoms with E-state index in [1.165, 1.54) is 5.56 Å². The highest BCUT2D eigenvalue weighted by Gasteiger charge is 2.34. The third-order valence-corrected chi connectivity index (χ3v) is 4.69. The van der Waals surface area contributed by atoms with E-state index in [1.807, 2.05) is 11.9 Å². The molecule has 0 saturated carbocycles. The molecule has 0 N–H and O–H groups in total. The predicted octanol–water partition coefficient (Wildman–Crippen LogP) is 4.05. The summed E-state index contributed by atoms with van der Waals surface area (Å²) in [6.07, 6.45) is 1.08. The SMILES string of the molecule is CC(C)CCOc1ccc(CN2CC(C(=O)N(C)CC(C)(C)C)C2)cc1. The van der Waals surface area contributed by atoms with Crippen molar-refractivity contribution in [2.24, 2.45) is 17.3 Å². The zero-order valence-electron chi connectivity index (χ0n) is 17.4. The molecule has 0 aromatic heterocycles. The monoisotopic (exact) mass is 360 g/mol. The minimum atomic E-state index is 0.146. The largest absolute Gasteiger partial charge is 0.494 e. The van der Waals surface area contributed by atoms with Gasteiger partial charge in [0.2, 0.25) is 5.91 Å². The topological polar surface area (TPSA) is 32.8 Å². The van der Waals surface area contributed by atoms with E-state index in [-0.39, 0.29) is 17.2 Å². The summed E-state index contributed by atoms with van der Waals surface area (Å²) in [5.74, 6) is 2.04. The number of benzene rings is 1. The fourth-order valence-corrected chi connectivity index (χ4v) is 3.32. The first-order chi connectivity index (χ1) is 12.1. The van der Waals surface area contributed by atoms with E-state index in [4.69, 9.17) is 4.74 Å². The van der Waals surface area contributed by atoms with Crippen molar-refractivity contribution in [3.05, 3.63) is 29.8 Å². The van der Waals surface area contributed by atoms with Gasteiger partial charge in [-0.2, -0.15) is 0 Å². The Bertz CT molecular complexity index is 569. The van der Waals surface area contributed by atoms with Crippen LogP contribution in [0.4, 0.5) is 0 Å². The highest BCUT2D eigenvalue weighted by Crippen LogP contribution is 2.23. The summed E-state index contributed by atoms with van der Waals surface area (Å²) in [6.45, 7) is 15.1. The molecule has 1 fully saturated rings. The van der Waals surface area contributed by atoms with Gasteiger partial charge in [0.25, 0.3) is 0 Å². The molecule has 26 heavy (non-hydrogen) atoms. The van der Waals surface area contributed by atoms with Gasteiger partial charge in [0, 0.05) is 33.2 Å². The van der Waals surface area contributed by atoms with Crippen LogP contribution in [0.1, 0.15) is 46.6 Å². The maximum absolute atomic E-state index is 12.5. The van der Waals surface area contributed by atoms with Crippen LogP contribution in [0.2, 0.25) is 0 Å². The molecule has 0 unspecified atom stereocenters. The van der Waals surface area contributed by atoms with E-state index in [1.54, 1.807) is 0 Å². The van der Waals surface area contributed by atoms with Crippen molar-refractivity contribution in [3.63, 3.8) is 0 Å². The van der Waals surface area contributed by atoms with E-state index in [0.29, 0.717) is 5.92 Å². The first-order valence-electron chi connectivity index (χ1n) is 9.83. The van der Waals surface area contributed by atoms with Crippen molar-refractivity contribution >= 4 is 5.91 Å². The molecule has 4 nitrogen and oxygen atoms in total. The molecule has 146 valence electrons. The third kappa shape index (κ3) is 6.64. The molecule has 0 bridgehead atoms. The first-order valence-corrected chi connectivity index (χ1v) is 9.83. The van der Waals surface area contributed by atoms with E-state index in [9.17, 15) is 4.79 Å². The first kappa shape index (κ1) is 20.8. The molecule has 1 aliphatic rings. The molecule has 0 radical (unpaired) electrons. The number of carbonyl (C=O) groups excluding carboxylic acids is 1. The fourth-order valence-electron chi connectivity index (χ4n) is 3.32. The second-order valence-corrected chi connectivity index (χ2v) is 9.32. The van der Waals surface area contributed by atoms with Crippen LogP contribution in [-0.4, -0.2) is 49.0 Å². The molecule has 1 aromatic rings. The molecular weight excluding hydrogens is 324 g/mol. The van der Waals surface area contributed by atoms with Gasteiger partial charge >= 0.3 is 0 Å². The van der Waals surface area contributed by atoms with E-state index in [2.05, 4.69) is 63.8 Å². The van der Waals surface area contributed by atoms with Crippen LogP contribution in [0.25, 0.3) is 0 Å². The summed E-state index contributed by atoms with van der Waals surface area (Å²) in [5.41, 5.74) is 1.42. The van der Waals surface area contributed by atoms with Crippen molar-refractivity contribution in [2.75, 3.05) is 33.3 Å². The van der Waals surface area contributed by atoms with Crippen molar-refractivity contribution in [1.29, 1.82) is 0 Å². The van der Waals surface area contributed by atoms with E-state index in [0.717, 1.165) is 45.0 Å². The van der Waals surface area contributed by atoms with Crippen LogP contribution in [0.15, 0.2) is 24.3 Å². The van der Waals surface area contributed by atoms with Crippen molar-refractivity contribution in [3.8, 4) is 5.75 Å². The van der Waals surface area contributed by atoms with Gasteiger partial charge in [-0.3, -0.25) is 9.69 Å². The van der Waals surface area contributed by atoms with Gasteiger partial charge < -0.3 is 9.64 Å². The zero-order chi connectivity index (χ0) is 19.3. The van der Waals surface area contributed by atoms with Crippen LogP contribution < -0.4 is 4.74 Å². The zero-order valence-corrected chi connectivity index (χ0v) is 17.4. The second kappa shape index (κ2) is 8.90. The number of hydrogen-bond donors (Lipinski definition) is 0. The standard InChI is InChI=1S/C22H36N2O2/c1-17(2)11-12-26-20-9-7-18(8-10-20)13-24-14-19(15-24)21(25)23(6)16-22(3,4)5/h7-10,17,19H,11-16H2,1-6H3. The molecule has 0 atom stereocenters. The van der Waals surface area contributed by atoms with Crippen LogP contribution in [-0.2, 0) is 11.3 Å². The minimum Gasteiger partial charge on any atom is -0.494 e. The average molecular weight is 361 g/mol. The van der Waals surface area contributed by atoms with Gasteiger partial charge in [0.05, 0.1) is 12.5 Å². The van der Waals surface area contributed by atoms with E-state index < -0.39 is 0 Å². The fraction of sp³-hybridized carbons (Fsp3) is 0.682. The molecule has 4 heteroatoms. The number of amides is 1. The van der Waals surface area contributed by atoms with Crippen molar-refractivity contribution in [2.45, 2.75) is 47.6 Å². The lowest BCUT2D eigenvalue weighted by molar-refractivity contribution is -0.141. The van der Waals surface area contributed by atoms with Gasteiger partial charge in [0.1, 0.15) is 5.75 Å². The van der Waals surface area contributed by atoms with Crippen LogP contribution >= 0.6 is 0 Å². The Morgan fingerprint density at radius 3 is 2.38 bits per heavy atom. The number of hydrogen-bond acceptors (Lipinski definition) is 3. The van der Waals surface area contributed by atoms with Gasteiger partial charge in [-0.15, -0.1) is 0 Å². The van der Waals surface area contributed by atoms with Crippen LogP contribution in [0.5, 0.6) is 5.75 Å². The Kier molecular flexibility index (Phi) is 7.10. The van der Waals surface area contributed by atoms with Crippen LogP contribution in [0.3, 0.4) is 0 Å². The molecule has 1 aromatic carbocycles. The number of likely N-dealkylation sites (tertiary alicyclic amines) is 1. The van der Waals surface area contributed by atoms with Gasteiger partial charge in [-0.1, -0.05) is 46.8 Å². The lowest BCUT2D eigenvalue weighted by Gasteiger charge is -2.41. The Morgan fingerprint density at radius 2 is 1.85 bits per heavy atom. The lowest BCUT2D eigenvalue weighted by atomic mass is 9.93. The molecule has 2 rings (SSSR count).